The van der Waals surface area contributed by atoms with Crippen molar-refractivity contribution in [1.82, 2.24) is 9.55 Å². The van der Waals surface area contributed by atoms with E-state index < -0.39 is 0 Å². The first-order valence-electron chi connectivity index (χ1n) is 5.09. The summed E-state index contributed by atoms with van der Waals surface area (Å²) in [4.78, 5) is 4.37. The van der Waals surface area contributed by atoms with E-state index in [-0.39, 0.29) is 0 Å². The molecule has 0 aliphatic heterocycles. The van der Waals surface area contributed by atoms with Crippen molar-refractivity contribution < 1.29 is 0 Å². The second-order valence-corrected chi connectivity index (χ2v) is 3.58. The van der Waals surface area contributed by atoms with E-state index >= 15 is 0 Å². The molecular formula is C11H16N4. The van der Waals surface area contributed by atoms with Crippen LogP contribution in [-0.2, 0) is 13.5 Å². The first-order valence-corrected chi connectivity index (χ1v) is 5.09. The van der Waals surface area contributed by atoms with Crippen molar-refractivity contribution in [2.75, 3.05) is 18.9 Å². The maximum Gasteiger partial charge on any atom is 0.141 e. The highest BCUT2D eigenvalue weighted by Gasteiger charge is 2.08. The Labute approximate surface area is 89.1 Å². The van der Waals surface area contributed by atoms with Crippen LogP contribution in [0.25, 0.3) is 11.0 Å². The molecule has 2 rings (SSSR count). The largest absolute Gasteiger partial charge is 0.387 e. The van der Waals surface area contributed by atoms with E-state index in [1.165, 1.54) is 5.69 Å². The van der Waals surface area contributed by atoms with Gasteiger partial charge in [-0.25, -0.2) is 4.98 Å². The van der Waals surface area contributed by atoms with Gasteiger partial charge in [0.2, 0.25) is 0 Å². The Hall–Kier alpha value is -1.55. The molecule has 0 aliphatic carbocycles. The fraction of sp³-hybridized carbons (Fsp3) is 0.364. The number of pyridine rings is 1. The van der Waals surface area contributed by atoms with E-state index in [9.17, 15) is 0 Å². The molecule has 0 radical (unpaired) electrons. The molecule has 0 amide bonds. The van der Waals surface area contributed by atoms with Crippen molar-refractivity contribution in [3.63, 3.8) is 0 Å². The average Bonchev–Trinajstić information content (AvgIpc) is 2.57. The van der Waals surface area contributed by atoms with Gasteiger partial charge in [-0.05, 0) is 25.1 Å². The van der Waals surface area contributed by atoms with E-state index in [0.717, 1.165) is 23.1 Å². The maximum atomic E-state index is 5.57. The number of aryl methyl sites for hydroxylation is 1. The highest BCUT2D eigenvalue weighted by Crippen LogP contribution is 2.24. The highest BCUT2D eigenvalue weighted by molar-refractivity contribution is 5.90. The Kier molecular flexibility index (Phi) is 2.60. The molecule has 0 atom stereocenters. The van der Waals surface area contributed by atoms with Crippen LogP contribution in [0, 0.1) is 0 Å². The number of fused-ring (bicyclic) bond motifs is 1. The lowest BCUT2D eigenvalue weighted by Crippen LogP contribution is -2.06. The maximum absolute atomic E-state index is 5.57. The van der Waals surface area contributed by atoms with E-state index in [4.69, 9.17) is 5.73 Å². The Morgan fingerprint density at radius 3 is 3.00 bits per heavy atom. The topological polar surface area (TPSA) is 55.9 Å². The molecule has 2 aromatic heterocycles. The van der Waals surface area contributed by atoms with Gasteiger partial charge in [0, 0.05) is 37.1 Å². The summed E-state index contributed by atoms with van der Waals surface area (Å²) in [6, 6.07) is 4.13. The fourth-order valence-corrected chi connectivity index (χ4v) is 1.88. The summed E-state index contributed by atoms with van der Waals surface area (Å²) < 4.78 is 2.10. The van der Waals surface area contributed by atoms with Gasteiger partial charge in [0.1, 0.15) is 5.65 Å². The van der Waals surface area contributed by atoms with Gasteiger partial charge in [-0.1, -0.05) is 0 Å². The molecule has 0 unspecified atom stereocenters. The summed E-state index contributed by atoms with van der Waals surface area (Å²) >= 11 is 0. The van der Waals surface area contributed by atoms with Crippen molar-refractivity contribution >= 4 is 16.7 Å². The average molecular weight is 204 g/mol. The molecule has 0 spiro atoms. The van der Waals surface area contributed by atoms with Crippen LogP contribution in [0.3, 0.4) is 0 Å². The molecule has 15 heavy (non-hydrogen) atoms. The van der Waals surface area contributed by atoms with Crippen LogP contribution in [-0.4, -0.2) is 23.1 Å². The van der Waals surface area contributed by atoms with Crippen molar-refractivity contribution in [2.24, 2.45) is 12.8 Å². The smallest absolute Gasteiger partial charge is 0.141 e. The van der Waals surface area contributed by atoms with E-state index in [2.05, 4.69) is 20.9 Å². The zero-order valence-corrected chi connectivity index (χ0v) is 9.12. The van der Waals surface area contributed by atoms with Gasteiger partial charge in [-0.2, -0.15) is 0 Å². The molecule has 0 aliphatic rings. The molecular weight excluding hydrogens is 188 g/mol. The number of rotatable bonds is 3. The van der Waals surface area contributed by atoms with Crippen LogP contribution in [0.5, 0.6) is 0 Å². The van der Waals surface area contributed by atoms with Crippen LogP contribution >= 0.6 is 0 Å². The number of hydrogen-bond donors (Lipinski definition) is 2. The minimum atomic E-state index is 0.666. The molecule has 2 aromatic rings. The minimum absolute atomic E-state index is 0.666. The molecule has 0 saturated carbocycles. The normalized spacial score (nSPS) is 10.9. The molecule has 4 heteroatoms. The van der Waals surface area contributed by atoms with Gasteiger partial charge in [0.25, 0.3) is 0 Å². The second-order valence-electron chi connectivity index (χ2n) is 3.58. The van der Waals surface area contributed by atoms with Crippen LogP contribution in [0.1, 0.15) is 5.69 Å². The number of nitrogens with two attached hydrogens (primary N) is 1. The van der Waals surface area contributed by atoms with Crippen molar-refractivity contribution in [3.05, 3.63) is 24.0 Å². The van der Waals surface area contributed by atoms with Crippen LogP contribution < -0.4 is 11.1 Å². The molecule has 3 N–H and O–H groups in total. The third-order valence-electron chi connectivity index (χ3n) is 2.70. The number of aromatic nitrogens is 2. The third kappa shape index (κ3) is 1.57. The molecule has 0 fully saturated rings. The van der Waals surface area contributed by atoms with Gasteiger partial charge >= 0.3 is 0 Å². The molecule has 0 bridgehead atoms. The van der Waals surface area contributed by atoms with E-state index in [1.54, 1.807) is 0 Å². The molecule has 80 valence electrons. The standard InChI is InChI=1S/C11H16N4/c1-13-10-4-6-14-11-9(10)7-8(3-5-12)15(11)2/h4,6-7H,3,5,12H2,1-2H3,(H,13,14). The Bertz CT molecular complexity index is 473. The Morgan fingerprint density at radius 2 is 2.33 bits per heavy atom. The predicted molar refractivity (Wildman–Crippen MR) is 63.0 cm³/mol. The first kappa shape index (κ1) is 9.98. The first-order chi connectivity index (χ1) is 7.27. The number of nitrogens with zero attached hydrogens (tertiary/aromatic N) is 2. The Morgan fingerprint density at radius 1 is 1.53 bits per heavy atom. The Balaban J connectivity index is 2.64. The van der Waals surface area contributed by atoms with Crippen molar-refractivity contribution in [1.29, 1.82) is 0 Å². The summed E-state index contributed by atoms with van der Waals surface area (Å²) in [5.41, 5.74) is 8.91. The second kappa shape index (κ2) is 3.90. The number of anilines is 1. The lowest BCUT2D eigenvalue weighted by molar-refractivity contribution is 0.820. The zero-order valence-electron chi connectivity index (χ0n) is 9.12. The van der Waals surface area contributed by atoms with Gasteiger partial charge < -0.3 is 15.6 Å². The van der Waals surface area contributed by atoms with Crippen LogP contribution in [0.2, 0.25) is 0 Å². The monoisotopic (exact) mass is 204 g/mol. The van der Waals surface area contributed by atoms with Gasteiger partial charge in [-0.3, -0.25) is 0 Å². The van der Waals surface area contributed by atoms with Crippen LogP contribution in [0.4, 0.5) is 5.69 Å². The van der Waals surface area contributed by atoms with Crippen molar-refractivity contribution in [2.45, 2.75) is 6.42 Å². The number of hydrogen-bond acceptors (Lipinski definition) is 3. The van der Waals surface area contributed by atoms with Gasteiger partial charge in [0.15, 0.2) is 0 Å². The quantitative estimate of drug-likeness (QED) is 0.787. The van der Waals surface area contributed by atoms with Crippen LogP contribution in [0.15, 0.2) is 18.3 Å². The van der Waals surface area contributed by atoms with E-state index in [1.807, 2.05) is 26.4 Å². The minimum Gasteiger partial charge on any atom is -0.387 e. The fourth-order valence-electron chi connectivity index (χ4n) is 1.88. The molecule has 0 saturated heterocycles. The third-order valence-corrected chi connectivity index (χ3v) is 2.70. The van der Waals surface area contributed by atoms with E-state index in [0.29, 0.717) is 6.54 Å². The zero-order chi connectivity index (χ0) is 10.8. The molecule has 2 heterocycles. The molecule has 4 nitrogen and oxygen atoms in total. The van der Waals surface area contributed by atoms with Crippen molar-refractivity contribution in [3.8, 4) is 0 Å². The molecule has 0 aromatic carbocycles. The predicted octanol–water partition coefficient (Wildman–Crippen LogP) is 1.12. The summed E-state index contributed by atoms with van der Waals surface area (Å²) in [7, 11) is 3.95. The SMILES string of the molecule is CNc1ccnc2c1cc(CCN)n2C. The number of nitrogens with one attached hydrogen (secondary N) is 1. The van der Waals surface area contributed by atoms with Gasteiger partial charge in [-0.15, -0.1) is 0 Å². The summed E-state index contributed by atoms with van der Waals surface area (Å²) in [5, 5.41) is 4.33. The highest BCUT2D eigenvalue weighted by atomic mass is 15.0. The summed E-state index contributed by atoms with van der Waals surface area (Å²) in [6.07, 6.45) is 2.70. The summed E-state index contributed by atoms with van der Waals surface area (Å²) in [6.45, 7) is 0.666. The lowest BCUT2D eigenvalue weighted by Gasteiger charge is -2.02. The summed E-state index contributed by atoms with van der Waals surface area (Å²) in [5.74, 6) is 0. The van der Waals surface area contributed by atoms with Gasteiger partial charge in [0.05, 0.1) is 0 Å². The lowest BCUT2D eigenvalue weighted by atomic mass is 10.2.